The van der Waals surface area contributed by atoms with Gasteiger partial charge >= 0.3 is 0 Å². The molecule has 0 aliphatic carbocycles. The van der Waals surface area contributed by atoms with Crippen LogP contribution in [0.1, 0.15) is 23.7 Å². The van der Waals surface area contributed by atoms with Crippen LogP contribution < -0.4 is 0 Å². The third kappa shape index (κ3) is 3.31. The summed E-state index contributed by atoms with van der Waals surface area (Å²) in [6.07, 6.45) is 6.09. The molecule has 0 unspecified atom stereocenters. The molecule has 6 rings (SSSR count). The molecule has 2 aromatic heterocycles. The van der Waals surface area contributed by atoms with E-state index < -0.39 is 0 Å². The van der Waals surface area contributed by atoms with Gasteiger partial charge in [0.15, 0.2) is 0 Å². The number of aromatic nitrogens is 1. The van der Waals surface area contributed by atoms with Gasteiger partial charge in [-0.25, -0.2) is 0 Å². The molecular weight excluding hydrogens is 444 g/mol. The highest BCUT2D eigenvalue weighted by Gasteiger charge is 2.17. The number of nitriles is 1. The predicted octanol–water partition coefficient (Wildman–Crippen LogP) is 9.21. The lowest BCUT2D eigenvalue weighted by molar-refractivity contribution is 1.10. The number of rotatable bonds is 4. The summed E-state index contributed by atoms with van der Waals surface area (Å²) < 4.78 is 4.73. The molecule has 3 heteroatoms. The third-order valence-electron chi connectivity index (χ3n) is 6.50. The van der Waals surface area contributed by atoms with Gasteiger partial charge in [0.25, 0.3) is 0 Å². The van der Waals surface area contributed by atoms with Crippen molar-refractivity contribution in [1.82, 2.24) is 4.57 Å². The Bertz CT molecular complexity index is 1840. The van der Waals surface area contributed by atoms with Crippen molar-refractivity contribution in [1.29, 1.82) is 5.26 Å². The first-order valence-electron chi connectivity index (χ1n) is 11.6. The van der Waals surface area contributed by atoms with Gasteiger partial charge in [-0.3, -0.25) is 0 Å². The fourth-order valence-electron chi connectivity index (χ4n) is 5.04. The van der Waals surface area contributed by atoms with Crippen LogP contribution in [0.15, 0.2) is 97.6 Å². The molecular formula is C32H22N2S. The highest BCUT2D eigenvalue weighted by molar-refractivity contribution is 7.26. The number of nitrogens with zero attached hydrogens (tertiary/aromatic N) is 2. The zero-order valence-corrected chi connectivity index (χ0v) is 20.1. The second-order valence-corrected chi connectivity index (χ2v) is 9.57. The topological polar surface area (TPSA) is 28.7 Å². The molecule has 0 saturated heterocycles. The lowest BCUT2D eigenvalue weighted by atomic mass is 10.00. The van der Waals surface area contributed by atoms with Crippen LogP contribution >= 0.6 is 11.3 Å². The van der Waals surface area contributed by atoms with E-state index in [0.29, 0.717) is 5.56 Å². The molecule has 2 heterocycles. The van der Waals surface area contributed by atoms with Crippen molar-refractivity contribution in [2.75, 3.05) is 0 Å². The van der Waals surface area contributed by atoms with E-state index in [1.54, 1.807) is 11.3 Å². The minimum atomic E-state index is 0.635. The van der Waals surface area contributed by atoms with E-state index in [9.17, 15) is 5.26 Å². The number of para-hydroxylation sites is 1. The fourth-order valence-corrected chi connectivity index (χ4v) is 6.28. The lowest BCUT2D eigenvalue weighted by Crippen LogP contribution is -1.98. The molecule has 0 saturated carbocycles. The largest absolute Gasteiger partial charge is 0.309 e. The maximum Gasteiger partial charge on any atom is 0.0992 e. The standard InChI is InChI=1S/C32H22N2S/c1-3-10-25-26-11-5-7-15-30(26)34(29(25)4-2)23-18-21(20-33)17-22(19-23)24-13-9-14-28-27-12-6-8-16-31(27)35-32(24)28/h3-19H,2H2,1H3/b10-3-. The van der Waals surface area contributed by atoms with Crippen LogP contribution in [0.5, 0.6) is 0 Å². The van der Waals surface area contributed by atoms with Crippen LogP contribution in [0.2, 0.25) is 0 Å². The van der Waals surface area contributed by atoms with Gasteiger partial charge in [-0.15, -0.1) is 11.3 Å². The van der Waals surface area contributed by atoms with Crippen molar-refractivity contribution in [2.45, 2.75) is 6.92 Å². The van der Waals surface area contributed by atoms with E-state index in [2.05, 4.69) is 102 Å². The first kappa shape index (κ1) is 21.2. The molecule has 0 bridgehead atoms. The molecule has 166 valence electrons. The number of hydrogen-bond acceptors (Lipinski definition) is 2. The van der Waals surface area contributed by atoms with Gasteiger partial charge < -0.3 is 4.57 Å². The van der Waals surface area contributed by atoms with Gasteiger partial charge in [0.05, 0.1) is 22.8 Å². The number of allylic oxidation sites excluding steroid dienone is 1. The van der Waals surface area contributed by atoms with Gasteiger partial charge in [-0.2, -0.15) is 5.26 Å². The van der Waals surface area contributed by atoms with Crippen molar-refractivity contribution in [2.24, 2.45) is 0 Å². The molecule has 0 fully saturated rings. The van der Waals surface area contributed by atoms with Crippen LogP contribution in [-0.2, 0) is 0 Å². The number of benzene rings is 4. The van der Waals surface area contributed by atoms with Crippen LogP contribution in [0, 0.1) is 11.3 Å². The Morgan fingerprint density at radius 1 is 0.886 bits per heavy atom. The molecule has 0 spiro atoms. The Hall–Kier alpha value is -4.39. The fraction of sp³-hybridized carbons (Fsp3) is 0.0312. The van der Waals surface area contributed by atoms with Crippen LogP contribution in [0.3, 0.4) is 0 Å². The Morgan fingerprint density at radius 3 is 2.46 bits per heavy atom. The average molecular weight is 467 g/mol. The second-order valence-electron chi connectivity index (χ2n) is 8.52. The van der Waals surface area contributed by atoms with E-state index in [4.69, 9.17) is 0 Å². The van der Waals surface area contributed by atoms with Crippen molar-refractivity contribution in [3.63, 3.8) is 0 Å². The Morgan fingerprint density at radius 2 is 1.66 bits per heavy atom. The van der Waals surface area contributed by atoms with Gasteiger partial charge in [0.2, 0.25) is 0 Å². The maximum absolute atomic E-state index is 9.95. The van der Waals surface area contributed by atoms with Gasteiger partial charge in [0, 0.05) is 36.8 Å². The Kier molecular flexibility index (Phi) is 5.10. The zero-order chi connectivity index (χ0) is 23.9. The molecule has 6 aromatic rings. The normalized spacial score (nSPS) is 11.5. The summed E-state index contributed by atoms with van der Waals surface area (Å²) in [5.74, 6) is 0. The second kappa shape index (κ2) is 8.43. The summed E-state index contributed by atoms with van der Waals surface area (Å²) in [6, 6.07) is 31.9. The quantitative estimate of drug-likeness (QED) is 0.254. The maximum atomic E-state index is 9.95. The van der Waals surface area contributed by atoms with Crippen LogP contribution in [0.25, 0.3) is 60.0 Å². The monoisotopic (exact) mass is 466 g/mol. The van der Waals surface area contributed by atoms with Crippen LogP contribution in [-0.4, -0.2) is 4.57 Å². The molecule has 0 aliphatic rings. The van der Waals surface area contributed by atoms with Gasteiger partial charge in [-0.05, 0) is 54.5 Å². The van der Waals surface area contributed by atoms with E-state index in [1.165, 1.54) is 20.2 Å². The molecule has 35 heavy (non-hydrogen) atoms. The minimum Gasteiger partial charge on any atom is -0.309 e. The summed E-state index contributed by atoms with van der Waals surface area (Å²) in [5.41, 5.74) is 7.02. The highest BCUT2D eigenvalue weighted by Crippen LogP contribution is 2.41. The number of hydrogen-bond donors (Lipinski definition) is 0. The molecule has 0 amide bonds. The zero-order valence-electron chi connectivity index (χ0n) is 19.3. The van der Waals surface area contributed by atoms with E-state index in [0.717, 1.165) is 39.0 Å². The predicted molar refractivity (Wildman–Crippen MR) is 151 cm³/mol. The molecule has 0 atom stereocenters. The SMILES string of the molecule is C=Cc1c(/C=C\C)c2ccccc2n1-c1cc(C#N)cc(-c2cccc3c2sc2ccccc23)c1. The van der Waals surface area contributed by atoms with E-state index in [-0.39, 0.29) is 0 Å². The first-order valence-corrected chi connectivity index (χ1v) is 12.4. The summed E-state index contributed by atoms with van der Waals surface area (Å²) >= 11 is 1.80. The van der Waals surface area contributed by atoms with Crippen molar-refractivity contribution in [3.8, 4) is 22.9 Å². The Balaban J connectivity index is 1.67. The number of fused-ring (bicyclic) bond motifs is 4. The molecule has 0 N–H and O–H groups in total. The van der Waals surface area contributed by atoms with E-state index in [1.807, 2.05) is 25.1 Å². The minimum absolute atomic E-state index is 0.635. The van der Waals surface area contributed by atoms with Gasteiger partial charge in [-0.1, -0.05) is 73.3 Å². The first-order chi connectivity index (χ1) is 17.2. The molecule has 0 aliphatic heterocycles. The van der Waals surface area contributed by atoms with Gasteiger partial charge in [0.1, 0.15) is 0 Å². The summed E-state index contributed by atoms with van der Waals surface area (Å²) in [4.78, 5) is 0. The summed E-state index contributed by atoms with van der Waals surface area (Å²) in [7, 11) is 0. The molecule has 0 radical (unpaired) electrons. The highest BCUT2D eigenvalue weighted by atomic mass is 32.1. The van der Waals surface area contributed by atoms with Crippen molar-refractivity contribution in [3.05, 3.63) is 114 Å². The summed E-state index contributed by atoms with van der Waals surface area (Å²) in [6.45, 7) is 6.15. The average Bonchev–Trinajstić information content (AvgIpc) is 3.44. The van der Waals surface area contributed by atoms with Crippen molar-refractivity contribution < 1.29 is 0 Å². The smallest absolute Gasteiger partial charge is 0.0992 e. The molecule has 4 aromatic carbocycles. The van der Waals surface area contributed by atoms with Crippen LogP contribution in [0.4, 0.5) is 0 Å². The molecule has 2 nitrogen and oxygen atoms in total. The summed E-state index contributed by atoms with van der Waals surface area (Å²) in [5, 5.41) is 13.6. The lowest BCUT2D eigenvalue weighted by Gasteiger charge is -2.13. The number of thiophene rings is 1. The van der Waals surface area contributed by atoms with E-state index >= 15 is 0 Å². The Labute approximate surface area is 208 Å². The van der Waals surface area contributed by atoms with Crippen molar-refractivity contribution >= 4 is 54.6 Å². The third-order valence-corrected chi connectivity index (χ3v) is 7.72.